The summed E-state index contributed by atoms with van der Waals surface area (Å²) in [6.45, 7) is 2.47. The lowest BCUT2D eigenvalue weighted by molar-refractivity contribution is -0.138. The summed E-state index contributed by atoms with van der Waals surface area (Å²) < 4.78 is 72.6. The number of ether oxygens (including phenoxy) is 1. The molecule has 11 heteroatoms. The Kier molecular flexibility index (Phi) is 7.26. The van der Waals surface area contributed by atoms with Gasteiger partial charge in [-0.05, 0) is 36.6 Å². The van der Waals surface area contributed by atoms with Crippen LogP contribution in [0.5, 0.6) is 0 Å². The summed E-state index contributed by atoms with van der Waals surface area (Å²) in [5, 5.41) is 3.05. The zero-order valence-corrected chi connectivity index (χ0v) is 21.2. The van der Waals surface area contributed by atoms with Crippen LogP contribution in [0, 0.1) is 5.92 Å². The minimum atomic E-state index is -4.43. The average Bonchev–Trinajstić information content (AvgIpc) is 2.88. The van der Waals surface area contributed by atoms with Gasteiger partial charge in [-0.15, -0.1) is 11.6 Å². The number of alkyl halides is 4. The van der Waals surface area contributed by atoms with Gasteiger partial charge >= 0.3 is 6.18 Å². The first-order chi connectivity index (χ1) is 17.2. The monoisotopic (exact) mass is 543 g/mol. The number of benzene rings is 2. The van der Waals surface area contributed by atoms with Crippen LogP contribution in [0.25, 0.3) is 0 Å². The van der Waals surface area contributed by atoms with Gasteiger partial charge < -0.3 is 10.1 Å². The number of fused-ring (bicyclic) bond motifs is 3. The molecule has 3 heterocycles. The highest BCUT2D eigenvalue weighted by molar-refractivity contribution is 7.90. The number of nitrogens with zero attached hydrogens (tertiary/aromatic N) is 2. The van der Waals surface area contributed by atoms with Crippen LogP contribution in [-0.2, 0) is 20.9 Å². The lowest BCUT2D eigenvalue weighted by Crippen LogP contribution is -2.51. The van der Waals surface area contributed by atoms with Crippen molar-refractivity contribution in [3.05, 3.63) is 65.2 Å². The van der Waals surface area contributed by atoms with E-state index in [2.05, 4.69) is 10.2 Å². The summed E-state index contributed by atoms with van der Waals surface area (Å²) >= 11 is 5.58. The maximum Gasteiger partial charge on any atom is 0.416 e. The van der Waals surface area contributed by atoms with Gasteiger partial charge in [-0.1, -0.05) is 30.3 Å². The van der Waals surface area contributed by atoms with Gasteiger partial charge in [-0.3, -0.25) is 4.90 Å². The molecule has 36 heavy (non-hydrogen) atoms. The number of rotatable bonds is 5. The van der Waals surface area contributed by atoms with Gasteiger partial charge in [0, 0.05) is 49.9 Å². The smallest absolute Gasteiger partial charge is 0.378 e. The molecule has 0 radical (unpaired) electrons. The van der Waals surface area contributed by atoms with Crippen LogP contribution < -0.4 is 5.32 Å². The van der Waals surface area contributed by atoms with Crippen molar-refractivity contribution in [3.63, 3.8) is 0 Å². The van der Waals surface area contributed by atoms with Gasteiger partial charge in [0.2, 0.25) is 10.0 Å². The third kappa shape index (κ3) is 5.24. The predicted molar refractivity (Wildman–Crippen MR) is 132 cm³/mol. The van der Waals surface area contributed by atoms with Crippen molar-refractivity contribution in [1.29, 1.82) is 0 Å². The molecular weight excluding hydrogens is 515 g/mol. The Morgan fingerprint density at radius 1 is 1.03 bits per heavy atom. The van der Waals surface area contributed by atoms with Crippen LogP contribution in [0.2, 0.25) is 0 Å². The summed E-state index contributed by atoms with van der Waals surface area (Å²) in [7, 11) is -3.43. The predicted octanol–water partition coefficient (Wildman–Crippen LogP) is 4.85. The van der Waals surface area contributed by atoms with Crippen molar-refractivity contribution in [2.24, 2.45) is 5.92 Å². The third-order valence-electron chi connectivity index (χ3n) is 7.46. The quantitative estimate of drug-likeness (QED) is 0.546. The highest BCUT2D eigenvalue weighted by Gasteiger charge is 2.44. The second kappa shape index (κ2) is 10.1. The molecule has 0 unspecified atom stereocenters. The van der Waals surface area contributed by atoms with Crippen LogP contribution in [0.1, 0.15) is 41.7 Å². The molecule has 196 valence electrons. The molecule has 2 aromatic carbocycles. The Morgan fingerprint density at radius 3 is 2.42 bits per heavy atom. The average molecular weight is 544 g/mol. The van der Waals surface area contributed by atoms with Gasteiger partial charge in [0.05, 0.1) is 23.8 Å². The lowest BCUT2D eigenvalue weighted by atomic mass is 9.76. The van der Waals surface area contributed by atoms with E-state index in [1.165, 1.54) is 16.4 Å². The van der Waals surface area contributed by atoms with E-state index in [4.69, 9.17) is 16.3 Å². The maximum absolute atomic E-state index is 13.5. The number of hydrogen-bond donors (Lipinski definition) is 1. The summed E-state index contributed by atoms with van der Waals surface area (Å²) in [5.74, 6) is -0.00894. The Labute approximate surface area is 214 Å². The molecule has 0 bridgehead atoms. The molecule has 2 fully saturated rings. The second-order valence-electron chi connectivity index (χ2n) is 9.67. The molecule has 3 aliphatic rings. The van der Waals surface area contributed by atoms with Crippen molar-refractivity contribution in [2.45, 2.75) is 37.3 Å². The van der Waals surface area contributed by atoms with Crippen molar-refractivity contribution in [1.82, 2.24) is 9.21 Å². The Bertz CT molecular complexity index is 1170. The third-order valence-corrected chi connectivity index (χ3v) is 9.71. The van der Waals surface area contributed by atoms with E-state index >= 15 is 0 Å². The number of sulfonamides is 1. The molecule has 0 amide bonds. The van der Waals surface area contributed by atoms with Gasteiger partial charge in [0.25, 0.3) is 0 Å². The number of anilines is 1. The number of hydrogen-bond acceptors (Lipinski definition) is 5. The van der Waals surface area contributed by atoms with E-state index in [0.29, 0.717) is 44.0 Å². The molecule has 0 spiro atoms. The molecule has 0 aromatic heterocycles. The fourth-order valence-electron chi connectivity index (χ4n) is 5.60. The molecule has 2 aromatic rings. The zero-order valence-electron chi connectivity index (χ0n) is 19.6. The van der Waals surface area contributed by atoms with Crippen LogP contribution in [0.3, 0.4) is 0 Å². The van der Waals surface area contributed by atoms with Crippen LogP contribution in [0.15, 0.2) is 48.5 Å². The lowest BCUT2D eigenvalue weighted by Gasteiger charge is -2.47. The fourth-order valence-corrected chi connectivity index (χ4v) is 6.88. The summed E-state index contributed by atoms with van der Waals surface area (Å²) in [5.41, 5.74) is 1.61. The van der Waals surface area contributed by atoms with E-state index in [9.17, 15) is 21.6 Å². The number of halogens is 4. The first kappa shape index (κ1) is 25.8. The standard InChI is InChI=1S/C25H29ClF3N3O3S/c26-16-36(33,34)32-12-10-31(11-13-32)15-19-7-8-20-23(17-4-2-1-3-5-17)30-22-9-6-18(25(27,28)29)14-21(22)24(20)35-19/h1-6,9,14,19-20,23-24,30H,7-8,10-13,15-16H2/t19-,20+,23+,24+/m1/s1. The highest BCUT2D eigenvalue weighted by atomic mass is 35.5. The molecule has 1 N–H and O–H groups in total. The highest BCUT2D eigenvalue weighted by Crippen LogP contribution is 2.51. The normalized spacial score (nSPS) is 27.7. The van der Waals surface area contributed by atoms with E-state index in [0.717, 1.165) is 24.5 Å². The summed E-state index contributed by atoms with van der Waals surface area (Å²) in [6.07, 6.45) is -3.47. The number of piperazine rings is 1. The Hall–Kier alpha value is -1.85. The van der Waals surface area contributed by atoms with Gasteiger partial charge in [0.15, 0.2) is 0 Å². The van der Waals surface area contributed by atoms with Gasteiger partial charge in [0.1, 0.15) is 5.21 Å². The second-order valence-corrected chi connectivity index (χ2v) is 12.2. The van der Waals surface area contributed by atoms with Crippen LogP contribution in [0.4, 0.5) is 18.9 Å². The van der Waals surface area contributed by atoms with Crippen molar-refractivity contribution >= 4 is 27.3 Å². The fraction of sp³-hybridized carbons (Fsp3) is 0.520. The maximum atomic E-state index is 13.5. The minimum Gasteiger partial charge on any atom is -0.378 e. The first-order valence-electron chi connectivity index (χ1n) is 12.1. The van der Waals surface area contributed by atoms with Crippen molar-refractivity contribution in [2.75, 3.05) is 43.3 Å². The van der Waals surface area contributed by atoms with Crippen molar-refractivity contribution < 1.29 is 26.3 Å². The molecular formula is C25H29ClF3N3O3S. The molecule has 6 nitrogen and oxygen atoms in total. The molecule has 0 aliphatic carbocycles. The van der Waals surface area contributed by atoms with Crippen molar-refractivity contribution in [3.8, 4) is 0 Å². The van der Waals surface area contributed by atoms with Crippen LogP contribution >= 0.6 is 11.6 Å². The first-order valence-corrected chi connectivity index (χ1v) is 14.2. The SMILES string of the molecule is O=S(=O)(CCl)N1CCN(C[C@H]2CC[C@@H]3[C@H](O2)c2cc(C(F)(F)F)ccc2N[C@H]3c2ccccc2)CC1. The molecule has 5 rings (SSSR count). The van der Waals surface area contributed by atoms with E-state index < -0.39 is 33.1 Å². The Morgan fingerprint density at radius 2 is 1.75 bits per heavy atom. The minimum absolute atomic E-state index is 0.00894. The number of nitrogens with one attached hydrogen (secondary N) is 1. The van der Waals surface area contributed by atoms with Gasteiger partial charge in [-0.2, -0.15) is 17.5 Å². The molecule has 3 aliphatic heterocycles. The van der Waals surface area contributed by atoms with E-state index in [1.54, 1.807) is 0 Å². The Balaban J connectivity index is 1.36. The van der Waals surface area contributed by atoms with Crippen LogP contribution in [-0.4, -0.2) is 61.7 Å². The van der Waals surface area contributed by atoms with E-state index in [-0.39, 0.29) is 18.1 Å². The van der Waals surface area contributed by atoms with Gasteiger partial charge in [-0.25, -0.2) is 8.42 Å². The topological polar surface area (TPSA) is 61.9 Å². The molecule has 4 atom stereocenters. The summed E-state index contributed by atoms with van der Waals surface area (Å²) in [6, 6.07) is 13.7. The largest absolute Gasteiger partial charge is 0.416 e. The molecule has 2 saturated heterocycles. The molecule has 0 saturated carbocycles. The van der Waals surface area contributed by atoms with E-state index in [1.807, 2.05) is 30.3 Å². The zero-order chi connectivity index (χ0) is 25.5. The summed E-state index contributed by atoms with van der Waals surface area (Å²) in [4.78, 5) is 2.16.